The van der Waals surface area contributed by atoms with Crippen molar-refractivity contribution in [2.45, 2.75) is 38.6 Å². The first-order valence-corrected chi connectivity index (χ1v) is 7.62. The van der Waals surface area contributed by atoms with E-state index in [0.717, 1.165) is 23.1 Å². The van der Waals surface area contributed by atoms with Gasteiger partial charge in [-0.15, -0.1) is 12.4 Å². The number of carbonyl (C=O) groups excluding carboxylic acids is 1. The molecule has 1 rings (SSSR count). The quantitative estimate of drug-likeness (QED) is 0.681. The second-order valence-corrected chi connectivity index (χ2v) is 6.31. The Bertz CT molecular complexity index is 424. The van der Waals surface area contributed by atoms with Crippen molar-refractivity contribution in [3.63, 3.8) is 0 Å². The first kappa shape index (κ1) is 20.2. The number of halogens is 2. The summed E-state index contributed by atoms with van der Waals surface area (Å²) < 4.78 is 6.62. The van der Waals surface area contributed by atoms with Crippen LogP contribution in [0, 0.1) is 0 Å². The van der Waals surface area contributed by atoms with Crippen molar-refractivity contribution in [3.05, 3.63) is 28.7 Å². The number of rotatable bonds is 8. The molecule has 0 fully saturated rings. The van der Waals surface area contributed by atoms with Gasteiger partial charge in [0, 0.05) is 23.0 Å². The van der Waals surface area contributed by atoms with Gasteiger partial charge in [-0.1, -0.05) is 15.9 Å². The maximum absolute atomic E-state index is 11.7. The first-order valence-electron chi connectivity index (χ1n) is 6.82. The van der Waals surface area contributed by atoms with Crippen molar-refractivity contribution in [1.29, 1.82) is 0 Å². The van der Waals surface area contributed by atoms with Gasteiger partial charge in [-0.05, 0) is 51.0 Å². The van der Waals surface area contributed by atoms with Crippen LogP contribution in [-0.4, -0.2) is 24.6 Å². The molecule has 1 aromatic carbocycles. The highest BCUT2D eigenvalue weighted by Crippen LogP contribution is 2.16. The Kier molecular flexibility index (Phi) is 9.66. The van der Waals surface area contributed by atoms with E-state index < -0.39 is 0 Å². The monoisotopic (exact) mass is 378 g/mol. The van der Waals surface area contributed by atoms with Gasteiger partial charge in [-0.2, -0.15) is 0 Å². The molecule has 0 saturated heterocycles. The third kappa shape index (κ3) is 8.96. The molecule has 0 atom stereocenters. The zero-order chi connectivity index (χ0) is 15.0. The van der Waals surface area contributed by atoms with Crippen LogP contribution in [0.1, 0.15) is 33.1 Å². The molecule has 0 unspecified atom stereocenters. The summed E-state index contributed by atoms with van der Waals surface area (Å²) >= 11 is 3.38. The Hall–Kier alpha value is -0.780. The van der Waals surface area contributed by atoms with E-state index >= 15 is 0 Å². The molecule has 0 saturated carbocycles. The fraction of sp³-hybridized carbons (Fsp3) is 0.533. The van der Waals surface area contributed by atoms with E-state index in [-0.39, 0.29) is 23.9 Å². The summed E-state index contributed by atoms with van der Waals surface area (Å²) in [5.41, 5.74) is 5.24. The van der Waals surface area contributed by atoms with Gasteiger partial charge in [-0.25, -0.2) is 0 Å². The van der Waals surface area contributed by atoms with Crippen LogP contribution in [-0.2, 0) is 4.79 Å². The molecule has 120 valence electrons. The second kappa shape index (κ2) is 10.0. The van der Waals surface area contributed by atoms with E-state index in [4.69, 9.17) is 10.5 Å². The molecule has 1 amide bonds. The highest BCUT2D eigenvalue weighted by molar-refractivity contribution is 9.10. The van der Waals surface area contributed by atoms with Gasteiger partial charge in [0.05, 0.1) is 6.61 Å². The predicted molar refractivity (Wildman–Crippen MR) is 92.0 cm³/mol. The molecule has 0 aliphatic heterocycles. The Morgan fingerprint density at radius 2 is 1.90 bits per heavy atom. The first-order chi connectivity index (χ1) is 9.43. The summed E-state index contributed by atoms with van der Waals surface area (Å²) in [4.78, 5) is 11.7. The lowest BCUT2D eigenvalue weighted by molar-refractivity contribution is -0.122. The smallest absolute Gasteiger partial charge is 0.220 e. The number of hydrogen-bond donors (Lipinski definition) is 2. The fourth-order valence-corrected chi connectivity index (χ4v) is 1.86. The Balaban J connectivity index is 0.00000400. The molecule has 0 aromatic heterocycles. The van der Waals surface area contributed by atoms with Gasteiger partial charge in [0.25, 0.3) is 0 Å². The lowest BCUT2D eigenvalue weighted by Crippen LogP contribution is -2.48. The second-order valence-electron chi connectivity index (χ2n) is 5.40. The molecular formula is C15H24BrClN2O2. The molecule has 0 radical (unpaired) electrons. The fourth-order valence-electron chi connectivity index (χ4n) is 1.60. The minimum absolute atomic E-state index is 0. The number of nitrogens with two attached hydrogens (primary N) is 1. The minimum Gasteiger partial charge on any atom is -0.494 e. The average Bonchev–Trinajstić information content (AvgIpc) is 2.40. The number of unbranched alkanes of at least 4 members (excludes halogenated alkanes) is 1. The minimum atomic E-state index is -0.328. The summed E-state index contributed by atoms with van der Waals surface area (Å²) in [6.07, 6.45) is 2.17. The number of nitrogens with one attached hydrogen (secondary N) is 1. The molecule has 0 spiro atoms. The number of benzene rings is 1. The van der Waals surface area contributed by atoms with Crippen LogP contribution in [0.25, 0.3) is 0 Å². The van der Waals surface area contributed by atoms with Crippen LogP contribution in [0.15, 0.2) is 28.7 Å². The normalized spacial score (nSPS) is 10.7. The number of amides is 1. The van der Waals surface area contributed by atoms with Crippen LogP contribution in [0.2, 0.25) is 0 Å². The van der Waals surface area contributed by atoms with Crippen LogP contribution < -0.4 is 15.8 Å². The zero-order valence-corrected chi connectivity index (χ0v) is 14.9. The van der Waals surface area contributed by atoms with Crippen LogP contribution in [0.4, 0.5) is 0 Å². The summed E-state index contributed by atoms with van der Waals surface area (Å²) in [5, 5.41) is 2.91. The number of carbonyl (C=O) groups is 1. The highest BCUT2D eigenvalue weighted by atomic mass is 79.9. The molecular weight excluding hydrogens is 356 g/mol. The van der Waals surface area contributed by atoms with Gasteiger partial charge in [0.1, 0.15) is 5.75 Å². The van der Waals surface area contributed by atoms with Crippen molar-refractivity contribution in [1.82, 2.24) is 5.32 Å². The Labute approximate surface area is 141 Å². The molecule has 1 aromatic rings. The standard InChI is InChI=1S/C15H23BrN2O2.ClH/c1-15(2,11-17)18-14(19)5-3-4-10-20-13-8-6-12(16)7-9-13;/h6-9H,3-5,10-11,17H2,1-2H3,(H,18,19);1H. The maximum atomic E-state index is 11.7. The molecule has 6 heteroatoms. The molecule has 4 nitrogen and oxygen atoms in total. The van der Waals surface area contributed by atoms with Crippen molar-refractivity contribution < 1.29 is 9.53 Å². The van der Waals surface area contributed by atoms with Gasteiger partial charge < -0.3 is 15.8 Å². The van der Waals surface area contributed by atoms with Gasteiger partial charge >= 0.3 is 0 Å². The number of ether oxygens (including phenoxy) is 1. The van der Waals surface area contributed by atoms with E-state index in [2.05, 4.69) is 21.2 Å². The summed E-state index contributed by atoms with van der Waals surface area (Å²) in [5.74, 6) is 0.894. The van der Waals surface area contributed by atoms with Crippen molar-refractivity contribution >= 4 is 34.2 Å². The van der Waals surface area contributed by atoms with Crippen molar-refractivity contribution in [3.8, 4) is 5.75 Å². The van der Waals surface area contributed by atoms with Crippen LogP contribution >= 0.6 is 28.3 Å². The largest absolute Gasteiger partial charge is 0.494 e. The predicted octanol–water partition coefficient (Wildman–Crippen LogP) is 3.27. The Morgan fingerprint density at radius 3 is 2.48 bits per heavy atom. The third-order valence-corrected chi connectivity index (χ3v) is 3.40. The Morgan fingerprint density at radius 1 is 1.29 bits per heavy atom. The summed E-state index contributed by atoms with van der Waals surface area (Å²) in [6, 6.07) is 7.72. The molecule has 21 heavy (non-hydrogen) atoms. The average molecular weight is 380 g/mol. The van der Waals surface area contributed by atoms with Gasteiger partial charge in [0.2, 0.25) is 5.91 Å². The molecule has 0 heterocycles. The van der Waals surface area contributed by atoms with E-state index in [1.165, 1.54) is 0 Å². The summed E-state index contributed by atoms with van der Waals surface area (Å²) in [7, 11) is 0. The van der Waals surface area contributed by atoms with E-state index in [9.17, 15) is 4.79 Å². The van der Waals surface area contributed by atoms with Crippen molar-refractivity contribution in [2.24, 2.45) is 5.73 Å². The SMILES string of the molecule is CC(C)(CN)NC(=O)CCCCOc1ccc(Br)cc1.Cl. The van der Waals surface area contributed by atoms with Crippen molar-refractivity contribution in [2.75, 3.05) is 13.2 Å². The van der Waals surface area contributed by atoms with Crippen LogP contribution in [0.5, 0.6) is 5.75 Å². The summed E-state index contributed by atoms with van der Waals surface area (Å²) in [6.45, 7) is 4.89. The number of hydrogen-bond acceptors (Lipinski definition) is 3. The van der Waals surface area contributed by atoms with E-state index in [1.807, 2.05) is 38.1 Å². The molecule has 0 aliphatic carbocycles. The molecule has 3 N–H and O–H groups in total. The molecule has 0 aliphatic rings. The molecule has 0 bridgehead atoms. The van der Waals surface area contributed by atoms with E-state index in [0.29, 0.717) is 19.6 Å². The van der Waals surface area contributed by atoms with Gasteiger partial charge in [-0.3, -0.25) is 4.79 Å². The maximum Gasteiger partial charge on any atom is 0.220 e. The van der Waals surface area contributed by atoms with E-state index in [1.54, 1.807) is 0 Å². The topological polar surface area (TPSA) is 64.3 Å². The lowest BCUT2D eigenvalue weighted by Gasteiger charge is -2.24. The van der Waals surface area contributed by atoms with Gasteiger partial charge in [0.15, 0.2) is 0 Å². The lowest BCUT2D eigenvalue weighted by atomic mass is 10.1. The zero-order valence-electron chi connectivity index (χ0n) is 12.5. The third-order valence-electron chi connectivity index (χ3n) is 2.87. The van der Waals surface area contributed by atoms with Crippen LogP contribution in [0.3, 0.4) is 0 Å². The highest BCUT2D eigenvalue weighted by Gasteiger charge is 2.17.